The van der Waals surface area contributed by atoms with Crippen molar-refractivity contribution < 1.29 is 55.8 Å². The van der Waals surface area contributed by atoms with Gasteiger partial charge < -0.3 is 19.5 Å². The molecule has 0 fully saturated rings. The average molecular weight is 854 g/mol. The zero-order chi connectivity index (χ0) is 46.6. The van der Waals surface area contributed by atoms with Gasteiger partial charge in [-0.25, -0.2) is 22.4 Å². The molecule has 60 heavy (non-hydrogen) atoms. The Kier molecular flexibility index (Phi) is 28.6. The van der Waals surface area contributed by atoms with Gasteiger partial charge in [-0.2, -0.15) is 5.26 Å². The highest BCUT2D eigenvalue weighted by atomic mass is 19.2. The predicted molar refractivity (Wildman–Crippen MR) is 224 cm³/mol. The lowest BCUT2D eigenvalue weighted by Gasteiger charge is -2.20. The highest BCUT2D eigenvalue weighted by molar-refractivity contribution is 5.82. The third-order valence-electron chi connectivity index (χ3n) is 9.65. The van der Waals surface area contributed by atoms with Gasteiger partial charge in [0.2, 0.25) is 0 Å². The third kappa shape index (κ3) is 21.8. The van der Waals surface area contributed by atoms with Crippen molar-refractivity contribution in [1.82, 2.24) is 5.32 Å². The summed E-state index contributed by atoms with van der Waals surface area (Å²) in [4.78, 5) is 50.0. The zero-order valence-electron chi connectivity index (χ0n) is 37.8. The van der Waals surface area contributed by atoms with E-state index in [-0.39, 0.29) is 44.0 Å². The van der Waals surface area contributed by atoms with Crippen LogP contribution in [0.2, 0.25) is 0 Å². The molecule has 0 radical (unpaired) electrons. The molecule has 0 bridgehead atoms. The minimum atomic E-state index is -1.54. The maximum atomic E-state index is 13.6. The molecule has 0 spiro atoms. The largest absolute Gasteiger partial charge is 0.464 e. The average Bonchev–Trinajstić information content (AvgIpc) is 3.25. The summed E-state index contributed by atoms with van der Waals surface area (Å²) in [5, 5.41) is 14.2. The Hall–Kier alpha value is -5.00. The van der Waals surface area contributed by atoms with Crippen LogP contribution in [0.5, 0.6) is 0 Å². The number of carbonyl (C=O) groups excluding carboxylic acids is 4. The molecule has 0 aromatic heterocycles. The number of hydrogen-bond acceptors (Lipinski definition) is 10. The van der Waals surface area contributed by atoms with Crippen LogP contribution in [-0.2, 0) is 40.0 Å². The molecule has 1 amide bonds. The lowest BCUT2D eigenvalue weighted by Crippen LogP contribution is -2.31. The van der Waals surface area contributed by atoms with E-state index in [0.717, 1.165) is 25.5 Å². The van der Waals surface area contributed by atoms with Crippen LogP contribution in [0.25, 0.3) is 0 Å². The quantitative estimate of drug-likeness (QED) is 0.0239. The molecule has 0 aliphatic carbocycles. The van der Waals surface area contributed by atoms with Gasteiger partial charge in [0.15, 0.2) is 23.3 Å². The SMILES string of the molecule is CC/C(C)=N/OC(=O)NCCOC(=O)C(C)(C)CC.CCC(C)(C)C(=O)OCc1c(F)c(F)c(C)c(F)c1F.CCC(C)C(=O)OCCC#N.CCC(C)c1ccccc1. The Bertz CT molecular complexity index is 1670. The second-order valence-corrected chi connectivity index (χ2v) is 15.1. The number of amides is 1. The van der Waals surface area contributed by atoms with E-state index in [4.69, 9.17) is 19.5 Å². The van der Waals surface area contributed by atoms with Crippen LogP contribution in [0.3, 0.4) is 0 Å². The number of nitrogens with one attached hydrogen (secondary N) is 1. The van der Waals surface area contributed by atoms with Crippen molar-refractivity contribution in [3.05, 3.63) is 70.3 Å². The first-order valence-corrected chi connectivity index (χ1v) is 20.3. The van der Waals surface area contributed by atoms with Gasteiger partial charge >= 0.3 is 24.0 Å². The van der Waals surface area contributed by atoms with Crippen molar-refractivity contribution in [3.8, 4) is 6.07 Å². The summed E-state index contributed by atoms with van der Waals surface area (Å²) >= 11 is 0. The Morgan fingerprint density at radius 2 is 1.30 bits per heavy atom. The standard InChI is InChI=1S/C14H16F4O2.C13H24N2O4.C10H14.C8H13NO2/c1-5-14(3,4)13(19)20-6-8-11(17)9(15)7(2)10(16)12(8)18;1-6-10(3)15-19-12(17)14-8-9-18-11(16)13(4,5)7-2;1-3-9(2)10-7-5-4-6-8-10;1-3-7(2)8(10)11-6-4-5-9/h5-6H2,1-4H3;6-9H2,1-5H3,(H,14,17);4-9H,3H2,1-2H3;7H,3-4,6H2,1-2H3/b;15-10+;;. The normalized spacial score (nSPS) is 12.0. The zero-order valence-corrected chi connectivity index (χ0v) is 37.8. The number of carbonyl (C=O) groups is 4. The highest BCUT2D eigenvalue weighted by Crippen LogP contribution is 2.27. The van der Waals surface area contributed by atoms with Crippen LogP contribution in [0.1, 0.15) is 144 Å². The molecule has 0 saturated carbocycles. The van der Waals surface area contributed by atoms with Crippen LogP contribution in [0.4, 0.5) is 22.4 Å². The van der Waals surface area contributed by atoms with E-state index in [9.17, 15) is 36.7 Å². The number of rotatable bonds is 17. The summed E-state index contributed by atoms with van der Waals surface area (Å²) in [5.41, 5.74) is -0.830. The monoisotopic (exact) mass is 853 g/mol. The summed E-state index contributed by atoms with van der Waals surface area (Å²) in [6, 6.07) is 12.5. The van der Waals surface area contributed by atoms with Crippen molar-refractivity contribution in [2.24, 2.45) is 21.9 Å². The Morgan fingerprint density at radius 3 is 1.75 bits per heavy atom. The maximum absolute atomic E-state index is 13.6. The minimum Gasteiger partial charge on any atom is -0.464 e. The summed E-state index contributed by atoms with van der Waals surface area (Å²) in [7, 11) is 0. The molecule has 338 valence electrons. The van der Waals surface area contributed by atoms with E-state index in [0.29, 0.717) is 18.8 Å². The van der Waals surface area contributed by atoms with Gasteiger partial charge in [0.25, 0.3) is 0 Å². The second-order valence-electron chi connectivity index (χ2n) is 15.1. The Labute approximate surface area is 354 Å². The van der Waals surface area contributed by atoms with Crippen LogP contribution >= 0.6 is 0 Å². The summed E-state index contributed by atoms with van der Waals surface area (Å²) in [6.45, 7) is 23.0. The first kappa shape index (κ1) is 57.1. The highest BCUT2D eigenvalue weighted by Gasteiger charge is 2.30. The maximum Gasteiger partial charge on any atom is 0.433 e. The lowest BCUT2D eigenvalue weighted by atomic mass is 9.91. The molecule has 0 aliphatic rings. The number of esters is 3. The van der Waals surface area contributed by atoms with E-state index < -0.39 is 63.9 Å². The van der Waals surface area contributed by atoms with Crippen LogP contribution in [0.15, 0.2) is 35.5 Å². The van der Waals surface area contributed by atoms with E-state index in [1.54, 1.807) is 27.7 Å². The lowest BCUT2D eigenvalue weighted by molar-refractivity contribution is -0.156. The number of nitriles is 1. The first-order valence-electron chi connectivity index (χ1n) is 20.3. The number of benzene rings is 2. The van der Waals surface area contributed by atoms with Crippen molar-refractivity contribution in [1.29, 1.82) is 5.26 Å². The molecule has 0 heterocycles. The molecular weight excluding hydrogens is 786 g/mol. The third-order valence-corrected chi connectivity index (χ3v) is 9.65. The predicted octanol–water partition coefficient (Wildman–Crippen LogP) is 11.2. The molecule has 2 aromatic rings. The van der Waals surface area contributed by atoms with E-state index in [1.165, 1.54) is 12.0 Å². The van der Waals surface area contributed by atoms with Gasteiger partial charge in [0.1, 0.15) is 19.8 Å². The van der Waals surface area contributed by atoms with E-state index in [1.807, 2.05) is 47.6 Å². The van der Waals surface area contributed by atoms with Gasteiger partial charge in [-0.05, 0) is 85.1 Å². The Balaban J connectivity index is 0. The van der Waals surface area contributed by atoms with Crippen molar-refractivity contribution in [3.63, 3.8) is 0 Å². The van der Waals surface area contributed by atoms with Gasteiger partial charge in [0, 0.05) is 5.56 Å². The van der Waals surface area contributed by atoms with E-state index in [2.05, 4.69) is 59.5 Å². The molecule has 15 heteroatoms. The number of ether oxygens (including phenoxy) is 3. The van der Waals surface area contributed by atoms with Gasteiger partial charge in [-0.3, -0.25) is 19.2 Å². The van der Waals surface area contributed by atoms with Crippen molar-refractivity contribution in [2.75, 3.05) is 19.8 Å². The number of halogens is 4. The fraction of sp³-hybridized carbons (Fsp3) is 0.600. The molecule has 0 aliphatic heterocycles. The molecule has 2 rings (SSSR count). The fourth-order valence-corrected chi connectivity index (χ4v) is 3.77. The fourth-order valence-electron chi connectivity index (χ4n) is 3.77. The topological polar surface area (TPSA) is 153 Å². The van der Waals surface area contributed by atoms with Crippen LogP contribution in [0, 0.1) is 58.3 Å². The molecular formula is C45H67F4N3O8. The van der Waals surface area contributed by atoms with E-state index >= 15 is 0 Å². The number of hydrogen-bond donors (Lipinski definition) is 1. The van der Waals surface area contributed by atoms with Crippen LogP contribution < -0.4 is 5.32 Å². The summed E-state index contributed by atoms with van der Waals surface area (Å²) in [6.07, 6.45) is 3.51. The molecule has 1 N–H and O–H groups in total. The first-order chi connectivity index (χ1) is 28.0. The minimum absolute atomic E-state index is 0.0475. The van der Waals surface area contributed by atoms with Gasteiger partial charge in [-0.1, -0.05) is 84.0 Å². The molecule has 2 aromatic carbocycles. The van der Waals surface area contributed by atoms with Gasteiger partial charge in [0.05, 0.1) is 47.1 Å². The number of oxime groups is 1. The summed E-state index contributed by atoms with van der Waals surface area (Å²) in [5.74, 6) is -6.55. The van der Waals surface area contributed by atoms with Crippen molar-refractivity contribution in [2.45, 2.75) is 141 Å². The van der Waals surface area contributed by atoms with Crippen molar-refractivity contribution >= 4 is 29.7 Å². The van der Waals surface area contributed by atoms with Crippen LogP contribution in [-0.4, -0.2) is 49.5 Å². The molecule has 2 atom stereocenters. The molecule has 2 unspecified atom stereocenters. The smallest absolute Gasteiger partial charge is 0.433 e. The summed E-state index contributed by atoms with van der Waals surface area (Å²) < 4.78 is 68.4. The molecule has 0 saturated heterocycles. The Morgan fingerprint density at radius 1 is 0.783 bits per heavy atom. The molecule has 11 nitrogen and oxygen atoms in total. The van der Waals surface area contributed by atoms with Gasteiger partial charge in [-0.15, -0.1) is 0 Å². The number of nitrogens with zero attached hydrogens (tertiary/aromatic N) is 2. The second kappa shape index (κ2) is 30.1.